The molecule has 25 heavy (non-hydrogen) atoms. The number of rotatable bonds is 3. The van der Waals surface area contributed by atoms with Crippen LogP contribution in [-0.2, 0) is 6.54 Å². The lowest BCUT2D eigenvalue weighted by molar-refractivity contribution is -0.667. The van der Waals surface area contributed by atoms with Gasteiger partial charge >= 0.3 is 0 Å². The van der Waals surface area contributed by atoms with E-state index in [1.165, 1.54) is 27.6 Å². The Labute approximate surface area is 148 Å². The zero-order chi connectivity index (χ0) is 17.1. The largest absolute Gasteiger partial charge is 0.361 e. The maximum absolute atomic E-state index is 3.29. The van der Waals surface area contributed by atoms with Crippen molar-refractivity contribution < 1.29 is 4.57 Å². The Morgan fingerprint density at radius 3 is 2.76 bits per heavy atom. The molecule has 1 aromatic heterocycles. The number of nitrogens with one attached hydrogen (secondary N) is 1. The Hall–Kier alpha value is -3.13. The first-order valence-electron chi connectivity index (χ1n) is 8.69. The molecule has 2 nitrogen and oxygen atoms in total. The summed E-state index contributed by atoms with van der Waals surface area (Å²) >= 11 is 0. The number of benzene rings is 2. The number of allylic oxidation sites excluding steroid dienone is 4. The van der Waals surface area contributed by atoms with Crippen molar-refractivity contribution in [2.75, 3.05) is 5.32 Å². The molecule has 2 heterocycles. The first-order chi connectivity index (χ1) is 12.4. The Morgan fingerprint density at radius 1 is 1.00 bits per heavy atom. The highest BCUT2D eigenvalue weighted by atomic mass is 14.9. The third-order valence-corrected chi connectivity index (χ3v) is 4.59. The number of hydrogen-bond donors (Lipinski definition) is 1. The van der Waals surface area contributed by atoms with E-state index in [1.807, 2.05) is 6.20 Å². The molecule has 0 aliphatic carbocycles. The average molecular weight is 325 g/mol. The number of pyridine rings is 1. The molecule has 1 aliphatic heterocycles. The van der Waals surface area contributed by atoms with E-state index < -0.39 is 0 Å². The minimum Gasteiger partial charge on any atom is -0.361 e. The average Bonchev–Trinajstić information content (AvgIpc) is 2.68. The molecule has 0 amide bonds. The molecule has 0 fully saturated rings. The van der Waals surface area contributed by atoms with Gasteiger partial charge in [0.15, 0.2) is 6.20 Å². The van der Waals surface area contributed by atoms with Crippen LogP contribution in [0, 0.1) is 0 Å². The van der Waals surface area contributed by atoms with Gasteiger partial charge in [-0.05, 0) is 36.3 Å². The summed E-state index contributed by atoms with van der Waals surface area (Å²) in [5.74, 6) is 0. The van der Waals surface area contributed by atoms with Gasteiger partial charge in [-0.3, -0.25) is 0 Å². The SMILES string of the molecule is CC[n+]1ccc(C=CC=C2C=CNc3ccccc32)c2ccccc21. The first-order valence-corrected chi connectivity index (χ1v) is 8.69. The molecule has 4 rings (SSSR count). The molecule has 0 atom stereocenters. The molecule has 0 radical (unpaired) electrons. The molecule has 0 unspecified atom stereocenters. The summed E-state index contributed by atoms with van der Waals surface area (Å²) in [5.41, 5.74) is 6.11. The van der Waals surface area contributed by atoms with Crippen LogP contribution in [0.5, 0.6) is 0 Å². The maximum atomic E-state index is 3.29. The molecular weight excluding hydrogens is 304 g/mol. The van der Waals surface area contributed by atoms with Crippen LogP contribution in [0.2, 0.25) is 0 Å². The second-order valence-electron chi connectivity index (χ2n) is 6.08. The van der Waals surface area contributed by atoms with E-state index in [4.69, 9.17) is 0 Å². The lowest BCUT2D eigenvalue weighted by Gasteiger charge is -2.14. The minimum absolute atomic E-state index is 0.975. The fourth-order valence-electron chi connectivity index (χ4n) is 3.30. The molecule has 1 aliphatic rings. The fourth-order valence-corrected chi connectivity index (χ4v) is 3.30. The van der Waals surface area contributed by atoms with Crippen molar-refractivity contribution in [3.8, 4) is 0 Å². The van der Waals surface area contributed by atoms with E-state index in [-0.39, 0.29) is 0 Å². The van der Waals surface area contributed by atoms with Crippen molar-refractivity contribution in [2.45, 2.75) is 13.5 Å². The Bertz CT molecular complexity index is 1010. The third kappa shape index (κ3) is 2.99. The maximum Gasteiger partial charge on any atom is 0.213 e. The third-order valence-electron chi connectivity index (χ3n) is 4.59. The zero-order valence-corrected chi connectivity index (χ0v) is 14.3. The van der Waals surface area contributed by atoms with Crippen LogP contribution in [0.4, 0.5) is 5.69 Å². The van der Waals surface area contributed by atoms with Crippen molar-refractivity contribution >= 4 is 28.2 Å². The number of aryl methyl sites for hydroxylation is 1. The normalized spacial score (nSPS) is 14.8. The van der Waals surface area contributed by atoms with Crippen LogP contribution >= 0.6 is 0 Å². The Kier molecular flexibility index (Phi) is 4.17. The van der Waals surface area contributed by atoms with Gasteiger partial charge in [-0.25, -0.2) is 0 Å². The predicted octanol–water partition coefficient (Wildman–Crippen LogP) is 5.18. The van der Waals surface area contributed by atoms with Crippen molar-refractivity contribution in [3.63, 3.8) is 0 Å². The zero-order valence-electron chi connectivity index (χ0n) is 14.3. The van der Waals surface area contributed by atoms with E-state index in [0.717, 1.165) is 12.2 Å². The topological polar surface area (TPSA) is 15.9 Å². The molecule has 2 aromatic carbocycles. The monoisotopic (exact) mass is 325 g/mol. The van der Waals surface area contributed by atoms with Crippen molar-refractivity contribution in [3.05, 3.63) is 96.3 Å². The van der Waals surface area contributed by atoms with Crippen LogP contribution in [0.3, 0.4) is 0 Å². The molecule has 0 saturated carbocycles. The number of anilines is 1. The molecule has 122 valence electrons. The van der Waals surface area contributed by atoms with E-state index in [2.05, 4.69) is 102 Å². The Morgan fingerprint density at radius 2 is 1.84 bits per heavy atom. The van der Waals surface area contributed by atoms with Crippen molar-refractivity contribution in [1.29, 1.82) is 0 Å². The van der Waals surface area contributed by atoms with Gasteiger partial charge in [0.2, 0.25) is 5.52 Å². The second kappa shape index (κ2) is 6.78. The van der Waals surface area contributed by atoms with Crippen LogP contribution < -0.4 is 9.88 Å². The van der Waals surface area contributed by atoms with E-state index in [0.29, 0.717) is 0 Å². The van der Waals surface area contributed by atoms with Crippen LogP contribution in [0.1, 0.15) is 18.1 Å². The number of aromatic nitrogens is 1. The van der Waals surface area contributed by atoms with Gasteiger partial charge in [0.1, 0.15) is 6.54 Å². The van der Waals surface area contributed by atoms with Crippen molar-refractivity contribution in [2.24, 2.45) is 0 Å². The minimum atomic E-state index is 0.975. The summed E-state index contributed by atoms with van der Waals surface area (Å²) in [4.78, 5) is 0. The standard InChI is InChI=1S/C23H20N2/c1-2-25-17-15-19(21-11-4-6-13-23(21)25)9-7-8-18-14-16-24-22-12-5-3-10-20(18)22/h3-17H,2H2,1H3/p+1. The predicted molar refractivity (Wildman–Crippen MR) is 106 cm³/mol. The molecule has 2 heteroatoms. The summed E-state index contributed by atoms with van der Waals surface area (Å²) in [7, 11) is 0. The summed E-state index contributed by atoms with van der Waals surface area (Å²) in [6.45, 7) is 3.15. The molecule has 0 bridgehead atoms. The fraction of sp³-hybridized carbons (Fsp3) is 0.0870. The molecule has 1 N–H and O–H groups in total. The van der Waals surface area contributed by atoms with Gasteiger partial charge in [0.05, 0.1) is 5.39 Å². The van der Waals surface area contributed by atoms with Gasteiger partial charge in [-0.15, -0.1) is 0 Å². The number of nitrogens with zero attached hydrogens (tertiary/aromatic N) is 1. The highest BCUT2D eigenvalue weighted by Gasteiger charge is 2.09. The smallest absolute Gasteiger partial charge is 0.213 e. The van der Waals surface area contributed by atoms with Gasteiger partial charge in [-0.1, -0.05) is 48.6 Å². The van der Waals surface area contributed by atoms with Crippen LogP contribution in [0.25, 0.3) is 22.6 Å². The van der Waals surface area contributed by atoms with E-state index in [1.54, 1.807) is 0 Å². The number of para-hydroxylation sites is 2. The van der Waals surface area contributed by atoms with Crippen LogP contribution in [-0.4, -0.2) is 0 Å². The van der Waals surface area contributed by atoms with Crippen LogP contribution in [0.15, 0.2) is 85.2 Å². The van der Waals surface area contributed by atoms with Gasteiger partial charge < -0.3 is 5.32 Å². The van der Waals surface area contributed by atoms with Crippen molar-refractivity contribution in [1.82, 2.24) is 0 Å². The molecule has 3 aromatic rings. The van der Waals surface area contributed by atoms with Gasteiger partial charge in [0, 0.05) is 29.6 Å². The number of fused-ring (bicyclic) bond motifs is 2. The highest BCUT2D eigenvalue weighted by molar-refractivity contribution is 5.88. The van der Waals surface area contributed by atoms with E-state index >= 15 is 0 Å². The van der Waals surface area contributed by atoms with Gasteiger partial charge in [0.25, 0.3) is 0 Å². The summed E-state index contributed by atoms with van der Waals surface area (Å²) in [6.07, 6.45) is 12.8. The van der Waals surface area contributed by atoms with E-state index in [9.17, 15) is 0 Å². The summed E-state index contributed by atoms with van der Waals surface area (Å²) in [5, 5.41) is 4.57. The molecule has 0 saturated heterocycles. The first kappa shape index (κ1) is 15.4. The lowest BCUT2D eigenvalue weighted by atomic mass is 10.0. The highest BCUT2D eigenvalue weighted by Crippen LogP contribution is 2.28. The quantitative estimate of drug-likeness (QED) is 0.656. The number of hydrogen-bond acceptors (Lipinski definition) is 1. The molecular formula is C23H21N2+. The summed E-state index contributed by atoms with van der Waals surface area (Å²) in [6, 6.07) is 19.1. The van der Waals surface area contributed by atoms with Gasteiger partial charge in [-0.2, -0.15) is 4.57 Å². The molecule has 0 spiro atoms. The lowest BCUT2D eigenvalue weighted by Crippen LogP contribution is -2.32. The Balaban J connectivity index is 1.71. The summed E-state index contributed by atoms with van der Waals surface area (Å²) < 4.78 is 2.27. The second-order valence-corrected chi connectivity index (χ2v) is 6.08.